The minimum atomic E-state index is -0.337. The Hall–Kier alpha value is -3.97. The molecule has 232 valence electrons. The van der Waals surface area contributed by atoms with Crippen LogP contribution in [0.1, 0.15) is 75.0 Å². The second-order valence-corrected chi connectivity index (χ2v) is 12.2. The summed E-state index contributed by atoms with van der Waals surface area (Å²) in [5, 5.41) is 13.5. The molecular weight excluding hydrogens is 554 g/mol. The lowest BCUT2D eigenvalue weighted by Crippen LogP contribution is -2.38. The summed E-state index contributed by atoms with van der Waals surface area (Å²) >= 11 is 0. The van der Waals surface area contributed by atoms with Crippen LogP contribution in [-0.4, -0.2) is 43.7 Å². The van der Waals surface area contributed by atoms with Crippen LogP contribution in [0, 0.1) is 11.8 Å². The van der Waals surface area contributed by atoms with Crippen LogP contribution < -0.4 is 19.5 Å². The maximum absolute atomic E-state index is 12.5. The molecule has 0 saturated heterocycles. The number of esters is 1. The molecule has 7 nitrogen and oxygen atoms in total. The summed E-state index contributed by atoms with van der Waals surface area (Å²) in [6.45, 7) is 4.22. The van der Waals surface area contributed by atoms with Crippen molar-refractivity contribution in [2.75, 3.05) is 26.5 Å². The van der Waals surface area contributed by atoms with Gasteiger partial charge in [-0.1, -0.05) is 56.5 Å². The van der Waals surface area contributed by atoms with E-state index < -0.39 is 0 Å². The molecule has 0 radical (unpaired) electrons. The molecule has 0 bridgehead atoms. The predicted molar refractivity (Wildman–Crippen MR) is 171 cm³/mol. The molecule has 2 fully saturated rings. The monoisotopic (exact) mass is 597 g/mol. The third-order valence-electron chi connectivity index (χ3n) is 8.83. The fraction of sp³-hybridized carbons (Fsp3) is 0.432. The molecule has 2 saturated carbocycles. The average molecular weight is 598 g/mol. The Morgan fingerprint density at radius 2 is 1.57 bits per heavy atom. The first-order valence-corrected chi connectivity index (χ1v) is 16.1. The van der Waals surface area contributed by atoms with E-state index in [1.54, 1.807) is 12.1 Å². The van der Waals surface area contributed by atoms with E-state index >= 15 is 0 Å². The molecule has 7 heteroatoms. The molecule has 0 spiro atoms. The molecule has 2 aliphatic carbocycles. The quantitative estimate of drug-likeness (QED) is 0.157. The van der Waals surface area contributed by atoms with Gasteiger partial charge in [0.2, 0.25) is 6.79 Å². The third kappa shape index (κ3) is 7.56. The van der Waals surface area contributed by atoms with E-state index in [4.69, 9.17) is 18.9 Å². The zero-order valence-electron chi connectivity index (χ0n) is 25.6. The van der Waals surface area contributed by atoms with Crippen LogP contribution in [0.2, 0.25) is 0 Å². The van der Waals surface area contributed by atoms with Gasteiger partial charge in [-0.3, -0.25) is 4.79 Å². The number of nitrogens with one attached hydrogen (secondary N) is 1. The highest BCUT2D eigenvalue weighted by atomic mass is 16.7. The zero-order valence-corrected chi connectivity index (χ0v) is 25.6. The number of hydrogen-bond acceptors (Lipinski definition) is 7. The van der Waals surface area contributed by atoms with Crippen molar-refractivity contribution in [1.82, 2.24) is 5.32 Å². The van der Waals surface area contributed by atoms with Crippen LogP contribution in [-0.2, 0) is 9.53 Å². The average Bonchev–Trinajstić information content (AvgIpc) is 3.81. The van der Waals surface area contributed by atoms with Gasteiger partial charge in [0.1, 0.15) is 24.2 Å². The highest BCUT2D eigenvalue weighted by molar-refractivity contribution is 5.99. The largest absolute Gasteiger partial charge is 0.508 e. The number of rotatable bonds is 13. The van der Waals surface area contributed by atoms with Gasteiger partial charge >= 0.3 is 5.97 Å². The molecule has 1 unspecified atom stereocenters. The van der Waals surface area contributed by atoms with Crippen molar-refractivity contribution in [3.63, 3.8) is 0 Å². The Bertz CT molecular complexity index is 1440. The number of allylic oxidation sites excluding steroid dienone is 1. The number of hydrogen-bond donors (Lipinski definition) is 2. The lowest BCUT2D eigenvalue weighted by atomic mass is 9.88. The lowest BCUT2D eigenvalue weighted by molar-refractivity contribution is -0.152. The molecule has 1 atom stereocenters. The minimum Gasteiger partial charge on any atom is -0.508 e. The van der Waals surface area contributed by atoms with Crippen LogP contribution >= 0.6 is 0 Å². The van der Waals surface area contributed by atoms with E-state index in [9.17, 15) is 9.90 Å². The Balaban J connectivity index is 1.19. The first-order chi connectivity index (χ1) is 21.6. The van der Waals surface area contributed by atoms with E-state index in [0.29, 0.717) is 19.1 Å². The Morgan fingerprint density at radius 3 is 2.27 bits per heavy atom. The van der Waals surface area contributed by atoms with Crippen molar-refractivity contribution >= 4 is 17.1 Å². The maximum atomic E-state index is 12.5. The van der Waals surface area contributed by atoms with E-state index in [1.165, 1.54) is 32.1 Å². The highest BCUT2D eigenvalue weighted by Crippen LogP contribution is 2.40. The fourth-order valence-electron chi connectivity index (χ4n) is 6.21. The van der Waals surface area contributed by atoms with Gasteiger partial charge in [-0.25, -0.2) is 0 Å². The maximum Gasteiger partial charge on any atom is 0.309 e. The minimum absolute atomic E-state index is 0.0535. The smallest absolute Gasteiger partial charge is 0.309 e. The topological polar surface area (TPSA) is 86.2 Å². The standard InChI is InChI=1S/C37H43NO6/c1-2-33(29-14-19-34-35(20-29)43-24-42-34)36(26-10-15-30(39)16-11-26)27-12-17-31(18-13-27)41-23-32(44-37(40)28-8-9-28)22-38-21-25-6-4-3-5-7-25/h10-20,25,28,32,38-39H,2-9,21-24H2,1H3. The van der Waals surface area contributed by atoms with Crippen molar-refractivity contribution in [3.8, 4) is 23.0 Å². The fourth-order valence-corrected chi connectivity index (χ4v) is 6.21. The van der Waals surface area contributed by atoms with Crippen molar-refractivity contribution in [3.05, 3.63) is 83.4 Å². The molecule has 1 aliphatic heterocycles. The Morgan fingerprint density at radius 1 is 0.886 bits per heavy atom. The van der Waals surface area contributed by atoms with Gasteiger partial charge in [0, 0.05) is 6.54 Å². The molecule has 0 amide bonds. The van der Waals surface area contributed by atoms with Crippen LogP contribution in [0.4, 0.5) is 0 Å². The number of benzene rings is 3. The van der Waals surface area contributed by atoms with Gasteiger partial charge in [0.25, 0.3) is 0 Å². The van der Waals surface area contributed by atoms with Crippen molar-refractivity contribution in [1.29, 1.82) is 0 Å². The van der Waals surface area contributed by atoms with E-state index in [1.807, 2.05) is 36.4 Å². The first kappa shape index (κ1) is 30.1. The third-order valence-corrected chi connectivity index (χ3v) is 8.83. The number of fused-ring (bicyclic) bond motifs is 1. The van der Waals surface area contributed by atoms with Gasteiger partial charge in [-0.15, -0.1) is 0 Å². The van der Waals surface area contributed by atoms with Crippen molar-refractivity contribution < 1.29 is 28.8 Å². The van der Waals surface area contributed by atoms with Crippen LogP contribution in [0.15, 0.2) is 66.7 Å². The normalized spacial score (nSPS) is 17.6. The SMILES string of the molecule is CCC(=C(c1ccc(O)cc1)c1ccc(OCC(CNCC2CCCCC2)OC(=O)C2CC2)cc1)c1ccc2c(c1)OCO2. The summed E-state index contributed by atoms with van der Waals surface area (Å²) < 4.78 is 23.3. The summed E-state index contributed by atoms with van der Waals surface area (Å²) in [5.74, 6) is 3.10. The lowest BCUT2D eigenvalue weighted by Gasteiger charge is -2.24. The molecule has 2 N–H and O–H groups in total. The van der Waals surface area contributed by atoms with Gasteiger partial charge in [-0.2, -0.15) is 0 Å². The summed E-state index contributed by atoms with van der Waals surface area (Å²) in [7, 11) is 0. The summed E-state index contributed by atoms with van der Waals surface area (Å²) in [6, 6.07) is 21.4. The van der Waals surface area contributed by atoms with E-state index in [2.05, 4.69) is 30.4 Å². The molecule has 1 heterocycles. The Kier molecular flexibility index (Phi) is 9.71. The number of carbonyl (C=O) groups is 1. The van der Waals surface area contributed by atoms with Crippen LogP contribution in [0.3, 0.4) is 0 Å². The van der Waals surface area contributed by atoms with Crippen LogP contribution in [0.5, 0.6) is 23.0 Å². The van der Waals surface area contributed by atoms with Gasteiger partial charge < -0.3 is 29.4 Å². The van der Waals surface area contributed by atoms with Gasteiger partial charge in [0.05, 0.1) is 5.92 Å². The summed E-state index contributed by atoms with van der Waals surface area (Å²) in [4.78, 5) is 12.5. The summed E-state index contributed by atoms with van der Waals surface area (Å²) in [6.07, 6.45) is 8.81. The molecule has 0 aromatic heterocycles. The van der Waals surface area contributed by atoms with E-state index in [0.717, 1.165) is 70.9 Å². The van der Waals surface area contributed by atoms with Crippen molar-refractivity contribution in [2.45, 2.75) is 64.4 Å². The number of carbonyl (C=O) groups excluding carboxylic acids is 1. The first-order valence-electron chi connectivity index (χ1n) is 16.1. The number of phenolic OH excluding ortho intramolecular Hbond substituents is 1. The van der Waals surface area contributed by atoms with Crippen molar-refractivity contribution in [2.24, 2.45) is 11.8 Å². The molecular formula is C37H43NO6. The van der Waals surface area contributed by atoms with E-state index in [-0.39, 0.29) is 30.5 Å². The molecule has 6 rings (SSSR count). The Labute approximate surface area is 260 Å². The predicted octanol–water partition coefficient (Wildman–Crippen LogP) is 7.36. The number of aromatic hydroxyl groups is 1. The molecule has 44 heavy (non-hydrogen) atoms. The van der Waals surface area contributed by atoms with Crippen LogP contribution in [0.25, 0.3) is 11.1 Å². The zero-order chi connectivity index (χ0) is 30.3. The summed E-state index contributed by atoms with van der Waals surface area (Å²) in [5.41, 5.74) is 5.31. The molecule has 3 aliphatic rings. The second kappa shape index (κ2) is 14.2. The second-order valence-electron chi connectivity index (χ2n) is 12.2. The number of ether oxygens (including phenoxy) is 4. The van der Waals surface area contributed by atoms with Gasteiger partial charge in [-0.05, 0) is 109 Å². The molecule has 3 aromatic carbocycles. The number of phenols is 1. The van der Waals surface area contributed by atoms with Gasteiger partial charge in [0.15, 0.2) is 11.5 Å². The highest BCUT2D eigenvalue weighted by Gasteiger charge is 2.33. The molecule has 3 aromatic rings.